The standard InChI is InChI=1S/C16H24N2O.ClH/c1-16(2,13-7-4-3-5-8-13)12-18-15(19)11-14-9-6-10-17-14;/h3-5,7-8,14,17H,6,9-12H2,1-2H3,(H,18,19);1H. The fourth-order valence-electron chi connectivity index (χ4n) is 2.54. The van der Waals surface area contributed by atoms with Crippen molar-refractivity contribution >= 4 is 18.3 Å². The molecule has 1 aromatic rings. The van der Waals surface area contributed by atoms with Crippen LogP contribution < -0.4 is 10.6 Å². The molecular formula is C16H25ClN2O. The number of nitrogens with one attached hydrogen (secondary N) is 2. The molecule has 1 atom stereocenters. The van der Waals surface area contributed by atoms with Gasteiger partial charge in [-0.15, -0.1) is 12.4 Å². The van der Waals surface area contributed by atoms with Crippen LogP contribution in [0.25, 0.3) is 0 Å². The third-order valence-electron chi connectivity index (χ3n) is 3.88. The van der Waals surface area contributed by atoms with Gasteiger partial charge in [-0.1, -0.05) is 44.2 Å². The number of carbonyl (C=O) groups is 1. The monoisotopic (exact) mass is 296 g/mol. The van der Waals surface area contributed by atoms with Crippen molar-refractivity contribution in [1.29, 1.82) is 0 Å². The van der Waals surface area contributed by atoms with E-state index in [-0.39, 0.29) is 23.7 Å². The Kier molecular flexibility index (Phi) is 6.50. The Labute approximate surface area is 127 Å². The van der Waals surface area contributed by atoms with Crippen molar-refractivity contribution in [2.45, 2.75) is 44.6 Å². The molecule has 112 valence electrons. The lowest BCUT2D eigenvalue weighted by Crippen LogP contribution is -2.39. The SMILES string of the molecule is CC(C)(CNC(=O)CC1CCCN1)c1ccccc1.Cl. The van der Waals surface area contributed by atoms with Crippen LogP contribution in [0.5, 0.6) is 0 Å². The highest BCUT2D eigenvalue weighted by atomic mass is 35.5. The molecule has 1 unspecified atom stereocenters. The van der Waals surface area contributed by atoms with Crippen molar-refractivity contribution in [3.63, 3.8) is 0 Å². The van der Waals surface area contributed by atoms with E-state index in [2.05, 4.69) is 36.6 Å². The zero-order valence-electron chi connectivity index (χ0n) is 12.3. The van der Waals surface area contributed by atoms with Gasteiger partial charge < -0.3 is 10.6 Å². The summed E-state index contributed by atoms with van der Waals surface area (Å²) < 4.78 is 0. The topological polar surface area (TPSA) is 41.1 Å². The molecule has 0 radical (unpaired) electrons. The molecule has 1 aliphatic heterocycles. The second-order valence-electron chi connectivity index (χ2n) is 6.02. The van der Waals surface area contributed by atoms with Crippen LogP contribution >= 0.6 is 12.4 Å². The molecule has 0 aromatic heterocycles. The Morgan fingerprint density at radius 2 is 2.05 bits per heavy atom. The number of hydrogen-bond acceptors (Lipinski definition) is 2. The molecule has 2 N–H and O–H groups in total. The van der Waals surface area contributed by atoms with Gasteiger partial charge in [-0.2, -0.15) is 0 Å². The zero-order chi connectivity index (χ0) is 13.7. The van der Waals surface area contributed by atoms with Gasteiger partial charge in [0.25, 0.3) is 0 Å². The lowest BCUT2D eigenvalue weighted by molar-refractivity contribution is -0.121. The highest BCUT2D eigenvalue weighted by Crippen LogP contribution is 2.21. The summed E-state index contributed by atoms with van der Waals surface area (Å²) in [6.07, 6.45) is 2.91. The van der Waals surface area contributed by atoms with Gasteiger partial charge in [0.05, 0.1) is 0 Å². The summed E-state index contributed by atoms with van der Waals surface area (Å²) in [7, 11) is 0. The lowest BCUT2D eigenvalue weighted by Gasteiger charge is -2.26. The molecule has 4 heteroatoms. The second kappa shape index (κ2) is 7.65. The van der Waals surface area contributed by atoms with Gasteiger partial charge in [-0.25, -0.2) is 0 Å². The Hall–Kier alpha value is -1.06. The van der Waals surface area contributed by atoms with Gasteiger partial charge in [0.15, 0.2) is 0 Å². The van der Waals surface area contributed by atoms with Crippen molar-refractivity contribution in [2.24, 2.45) is 0 Å². The zero-order valence-corrected chi connectivity index (χ0v) is 13.1. The Morgan fingerprint density at radius 1 is 1.35 bits per heavy atom. The Balaban J connectivity index is 0.00000200. The minimum Gasteiger partial charge on any atom is -0.355 e. The normalized spacial score (nSPS) is 18.4. The van der Waals surface area contributed by atoms with E-state index >= 15 is 0 Å². The molecule has 1 fully saturated rings. The molecule has 1 saturated heterocycles. The predicted octanol–water partition coefficient (Wildman–Crippen LogP) is 2.64. The summed E-state index contributed by atoms with van der Waals surface area (Å²) in [6.45, 7) is 6.06. The third-order valence-corrected chi connectivity index (χ3v) is 3.88. The molecule has 3 nitrogen and oxygen atoms in total. The molecule has 20 heavy (non-hydrogen) atoms. The van der Waals surface area contributed by atoms with E-state index in [9.17, 15) is 4.79 Å². The van der Waals surface area contributed by atoms with E-state index < -0.39 is 0 Å². The first-order valence-corrected chi connectivity index (χ1v) is 7.13. The first-order valence-electron chi connectivity index (χ1n) is 7.13. The van der Waals surface area contributed by atoms with E-state index in [0.29, 0.717) is 19.0 Å². The van der Waals surface area contributed by atoms with Crippen LogP contribution in [0.3, 0.4) is 0 Å². The molecule has 1 amide bonds. The van der Waals surface area contributed by atoms with Crippen LogP contribution in [0.2, 0.25) is 0 Å². The summed E-state index contributed by atoms with van der Waals surface area (Å²) in [5.74, 6) is 0.156. The van der Waals surface area contributed by atoms with E-state index in [1.165, 1.54) is 12.0 Å². The molecule has 2 rings (SSSR count). The molecule has 0 bridgehead atoms. The first-order chi connectivity index (χ1) is 9.08. The first kappa shape index (κ1) is 17.0. The Morgan fingerprint density at radius 3 is 2.65 bits per heavy atom. The second-order valence-corrected chi connectivity index (χ2v) is 6.02. The molecule has 0 spiro atoms. The van der Waals surface area contributed by atoms with Crippen LogP contribution in [0.4, 0.5) is 0 Å². The maximum Gasteiger partial charge on any atom is 0.221 e. The summed E-state index contributed by atoms with van der Waals surface area (Å²) in [4.78, 5) is 11.9. The number of halogens is 1. The number of carbonyl (C=O) groups excluding carboxylic acids is 1. The van der Waals surface area contributed by atoms with Crippen molar-refractivity contribution in [3.05, 3.63) is 35.9 Å². The quantitative estimate of drug-likeness (QED) is 0.877. The minimum atomic E-state index is -0.0278. The summed E-state index contributed by atoms with van der Waals surface area (Å²) in [5.41, 5.74) is 1.23. The molecule has 0 aliphatic carbocycles. The van der Waals surface area contributed by atoms with Gasteiger partial charge in [0.2, 0.25) is 5.91 Å². The maximum absolute atomic E-state index is 11.9. The molecular weight excluding hydrogens is 272 g/mol. The van der Waals surface area contributed by atoms with E-state index in [1.807, 2.05) is 18.2 Å². The average molecular weight is 297 g/mol. The van der Waals surface area contributed by atoms with Gasteiger partial charge >= 0.3 is 0 Å². The van der Waals surface area contributed by atoms with Crippen LogP contribution in [-0.4, -0.2) is 25.0 Å². The molecule has 1 aliphatic rings. The number of hydrogen-bond donors (Lipinski definition) is 2. The van der Waals surface area contributed by atoms with E-state index in [4.69, 9.17) is 0 Å². The predicted molar refractivity (Wildman–Crippen MR) is 85.4 cm³/mol. The van der Waals surface area contributed by atoms with Gasteiger partial charge in [-0.3, -0.25) is 4.79 Å². The van der Waals surface area contributed by atoms with E-state index in [0.717, 1.165) is 13.0 Å². The summed E-state index contributed by atoms with van der Waals surface area (Å²) in [5, 5.41) is 6.42. The van der Waals surface area contributed by atoms with Crippen LogP contribution in [0.1, 0.15) is 38.7 Å². The fraction of sp³-hybridized carbons (Fsp3) is 0.562. The highest BCUT2D eigenvalue weighted by molar-refractivity contribution is 5.85. The largest absolute Gasteiger partial charge is 0.355 e. The van der Waals surface area contributed by atoms with Crippen molar-refractivity contribution in [3.8, 4) is 0 Å². The summed E-state index contributed by atoms with van der Waals surface area (Å²) in [6, 6.07) is 10.7. The van der Waals surface area contributed by atoms with Gasteiger partial charge in [-0.05, 0) is 24.9 Å². The Bertz CT molecular complexity index is 414. The number of rotatable bonds is 5. The molecule has 1 aromatic carbocycles. The molecule has 0 saturated carbocycles. The minimum absolute atomic E-state index is 0. The smallest absolute Gasteiger partial charge is 0.221 e. The highest BCUT2D eigenvalue weighted by Gasteiger charge is 2.22. The van der Waals surface area contributed by atoms with Crippen LogP contribution in [0, 0.1) is 0 Å². The van der Waals surface area contributed by atoms with Crippen LogP contribution in [-0.2, 0) is 10.2 Å². The average Bonchev–Trinajstić information content (AvgIpc) is 2.90. The summed E-state index contributed by atoms with van der Waals surface area (Å²) >= 11 is 0. The van der Waals surface area contributed by atoms with Crippen molar-refractivity contribution in [2.75, 3.05) is 13.1 Å². The fourth-order valence-corrected chi connectivity index (χ4v) is 2.54. The lowest BCUT2D eigenvalue weighted by atomic mass is 9.84. The number of benzene rings is 1. The van der Waals surface area contributed by atoms with Gasteiger partial charge in [0, 0.05) is 24.4 Å². The van der Waals surface area contributed by atoms with Crippen LogP contribution in [0.15, 0.2) is 30.3 Å². The number of amides is 1. The maximum atomic E-state index is 11.9. The molecule has 1 heterocycles. The van der Waals surface area contributed by atoms with Gasteiger partial charge in [0.1, 0.15) is 0 Å². The van der Waals surface area contributed by atoms with Crippen molar-refractivity contribution in [1.82, 2.24) is 10.6 Å². The third kappa shape index (κ3) is 4.80. The van der Waals surface area contributed by atoms with Crippen molar-refractivity contribution < 1.29 is 4.79 Å². The van der Waals surface area contributed by atoms with E-state index in [1.54, 1.807) is 0 Å².